The lowest BCUT2D eigenvalue weighted by atomic mass is 10.0. The average molecular weight is 448 g/mol. The molecule has 0 aromatic rings. The van der Waals surface area contributed by atoms with Crippen molar-refractivity contribution in [2.45, 2.75) is 110 Å². The summed E-state index contributed by atoms with van der Waals surface area (Å²) < 4.78 is 23.8. The van der Waals surface area contributed by atoms with Crippen molar-refractivity contribution in [1.29, 1.82) is 0 Å². The fourth-order valence-corrected chi connectivity index (χ4v) is 3.20. The van der Waals surface area contributed by atoms with Crippen molar-refractivity contribution in [3.63, 3.8) is 0 Å². The number of hydrogen-bond donors (Lipinski definition) is 5. The van der Waals surface area contributed by atoms with Crippen LogP contribution in [0.3, 0.4) is 0 Å². The lowest BCUT2D eigenvalue weighted by molar-refractivity contribution is 0.193. The monoisotopic (exact) mass is 448 g/mol. The first-order valence-electron chi connectivity index (χ1n) is 10.5. The summed E-state index contributed by atoms with van der Waals surface area (Å²) >= 11 is 0. The van der Waals surface area contributed by atoms with E-state index in [1.54, 1.807) is 0 Å². The van der Waals surface area contributed by atoms with Gasteiger partial charge in [0.05, 0.1) is 6.61 Å². The maximum atomic E-state index is 10.5. The Morgan fingerprint density at radius 1 is 0.536 bits per heavy atom. The lowest BCUT2D eigenvalue weighted by Gasteiger charge is -2.05. The zero-order valence-corrected chi connectivity index (χ0v) is 19.2. The molecular formula is C18H42O8P2. The van der Waals surface area contributed by atoms with Crippen LogP contribution in [0.25, 0.3) is 0 Å². The highest BCUT2D eigenvalue weighted by Gasteiger charge is 2.12. The van der Waals surface area contributed by atoms with E-state index in [2.05, 4.69) is 11.4 Å². The Morgan fingerprint density at radius 2 is 0.786 bits per heavy atom. The molecule has 0 aliphatic carbocycles. The fourth-order valence-electron chi connectivity index (χ4n) is 2.83. The van der Waals surface area contributed by atoms with Gasteiger partial charge in [0.1, 0.15) is 0 Å². The van der Waals surface area contributed by atoms with E-state index in [9.17, 15) is 4.57 Å². The van der Waals surface area contributed by atoms with Gasteiger partial charge >= 0.3 is 15.6 Å². The zero-order chi connectivity index (χ0) is 21.7. The van der Waals surface area contributed by atoms with E-state index < -0.39 is 15.6 Å². The predicted octanol–water partition coefficient (Wildman–Crippen LogP) is 5.43. The zero-order valence-electron chi connectivity index (χ0n) is 17.4. The third-order valence-corrected chi connectivity index (χ3v) is 4.78. The van der Waals surface area contributed by atoms with Gasteiger partial charge in [0, 0.05) is 0 Å². The van der Waals surface area contributed by atoms with Crippen molar-refractivity contribution in [2.24, 2.45) is 0 Å². The van der Waals surface area contributed by atoms with Crippen LogP contribution in [0.2, 0.25) is 0 Å². The van der Waals surface area contributed by atoms with E-state index in [1.165, 1.54) is 83.5 Å². The Morgan fingerprint density at radius 3 is 1.04 bits per heavy atom. The summed E-state index contributed by atoms with van der Waals surface area (Å²) in [6.07, 6.45) is 20.7. The van der Waals surface area contributed by atoms with Crippen LogP contribution in [0, 0.1) is 0 Å². The van der Waals surface area contributed by atoms with E-state index in [0.29, 0.717) is 0 Å². The van der Waals surface area contributed by atoms with Gasteiger partial charge < -0.3 is 24.5 Å². The molecule has 28 heavy (non-hydrogen) atoms. The molecule has 0 amide bonds. The van der Waals surface area contributed by atoms with Crippen LogP contribution < -0.4 is 0 Å². The van der Waals surface area contributed by atoms with E-state index in [4.69, 9.17) is 29.0 Å². The molecule has 8 nitrogen and oxygen atoms in total. The lowest BCUT2D eigenvalue weighted by Crippen LogP contribution is -1.92. The van der Waals surface area contributed by atoms with Gasteiger partial charge in [-0.15, -0.1) is 0 Å². The van der Waals surface area contributed by atoms with E-state index >= 15 is 0 Å². The van der Waals surface area contributed by atoms with Crippen LogP contribution >= 0.6 is 15.6 Å². The first kappa shape index (κ1) is 30.4. The van der Waals surface area contributed by atoms with Gasteiger partial charge in [-0.2, -0.15) is 0 Å². The van der Waals surface area contributed by atoms with E-state index in [1.807, 2.05) is 0 Å². The van der Waals surface area contributed by atoms with Crippen LogP contribution in [0.4, 0.5) is 0 Å². The number of hydrogen-bond acceptors (Lipinski definition) is 3. The summed E-state index contributed by atoms with van der Waals surface area (Å²) in [7, 11) is -8.89. The van der Waals surface area contributed by atoms with E-state index in [0.717, 1.165) is 19.3 Å². The highest BCUT2D eigenvalue weighted by atomic mass is 31.2. The second-order valence-corrected chi connectivity index (χ2v) is 9.41. The molecule has 0 bridgehead atoms. The van der Waals surface area contributed by atoms with Crippen molar-refractivity contribution in [1.82, 2.24) is 0 Å². The summed E-state index contributed by atoms with van der Waals surface area (Å²) in [5, 5.41) is 0. The molecule has 10 heteroatoms. The molecule has 0 radical (unpaired) electrons. The normalized spacial score (nSPS) is 11.9. The van der Waals surface area contributed by atoms with Crippen molar-refractivity contribution in [2.75, 3.05) is 6.61 Å². The van der Waals surface area contributed by atoms with Crippen LogP contribution in [0.1, 0.15) is 110 Å². The number of unbranched alkanes of at least 4 members (excludes halogenated alkanes) is 15. The van der Waals surface area contributed by atoms with Gasteiger partial charge in [0.2, 0.25) is 0 Å². The summed E-state index contributed by atoms with van der Waals surface area (Å²) in [6, 6.07) is 0. The number of phosphoric acid groups is 2. The standard InChI is InChI=1S/C18H39O4P.H3O4P/c1-2-3-4-5-6-7-8-9-10-11-12-13-14-15-16-17-18-22-23(19,20)21;1-5(2,3)4/h2-18H2,1H3,(H2,19,20,21);(H3,1,2,3,4). The molecule has 0 aliphatic rings. The Hall–Kier alpha value is 0.220. The molecule has 0 aliphatic heterocycles. The molecule has 172 valence electrons. The van der Waals surface area contributed by atoms with Gasteiger partial charge in [-0.05, 0) is 6.42 Å². The first-order chi connectivity index (χ1) is 13.1. The van der Waals surface area contributed by atoms with Crippen LogP contribution in [0.5, 0.6) is 0 Å². The van der Waals surface area contributed by atoms with Crippen molar-refractivity contribution in [3.8, 4) is 0 Å². The highest BCUT2D eigenvalue weighted by Crippen LogP contribution is 2.35. The molecule has 0 fully saturated rings. The smallest absolute Gasteiger partial charge is 0.303 e. The van der Waals surface area contributed by atoms with Crippen LogP contribution in [-0.4, -0.2) is 31.1 Å². The summed E-state index contributed by atoms with van der Waals surface area (Å²) in [4.78, 5) is 38.6. The van der Waals surface area contributed by atoms with E-state index in [-0.39, 0.29) is 6.61 Å². The van der Waals surface area contributed by atoms with Gasteiger partial charge in [0.15, 0.2) is 0 Å². The third-order valence-electron chi connectivity index (χ3n) is 4.26. The minimum absolute atomic E-state index is 0.169. The molecule has 0 saturated heterocycles. The van der Waals surface area contributed by atoms with Gasteiger partial charge in [-0.3, -0.25) is 4.52 Å². The molecule has 0 heterocycles. The molecule has 5 N–H and O–H groups in total. The maximum Gasteiger partial charge on any atom is 0.469 e. The summed E-state index contributed by atoms with van der Waals surface area (Å²) in [6.45, 7) is 2.43. The van der Waals surface area contributed by atoms with Crippen molar-refractivity contribution in [3.05, 3.63) is 0 Å². The minimum atomic E-state index is -4.64. The third kappa shape index (κ3) is 40.8. The minimum Gasteiger partial charge on any atom is -0.303 e. The molecular weight excluding hydrogens is 406 g/mol. The maximum absolute atomic E-state index is 10.5. The summed E-state index contributed by atoms with van der Waals surface area (Å²) in [5.74, 6) is 0. The number of phosphoric ester groups is 1. The van der Waals surface area contributed by atoms with Crippen molar-refractivity contribution >= 4 is 15.6 Å². The fraction of sp³-hybridized carbons (Fsp3) is 1.00. The Bertz CT molecular complexity index is 400. The highest BCUT2D eigenvalue weighted by molar-refractivity contribution is 7.46. The van der Waals surface area contributed by atoms with Gasteiger partial charge in [-0.1, -0.05) is 103 Å². The first-order valence-corrected chi connectivity index (χ1v) is 13.6. The topological polar surface area (TPSA) is 145 Å². The molecule has 0 aromatic heterocycles. The van der Waals surface area contributed by atoms with Crippen LogP contribution in [0.15, 0.2) is 0 Å². The predicted molar refractivity (Wildman–Crippen MR) is 112 cm³/mol. The number of rotatable bonds is 18. The Kier molecular flexibility index (Phi) is 22.3. The quantitative estimate of drug-likeness (QED) is 0.138. The molecule has 0 spiro atoms. The molecule has 0 atom stereocenters. The van der Waals surface area contributed by atoms with Crippen LogP contribution in [-0.2, 0) is 13.7 Å². The second kappa shape index (κ2) is 20.5. The molecule has 0 rings (SSSR count). The average Bonchev–Trinajstić information content (AvgIpc) is 2.55. The Labute approximate surface area is 170 Å². The molecule has 0 aromatic carbocycles. The molecule has 0 saturated carbocycles. The Balaban J connectivity index is 0. The molecule has 0 unspecified atom stereocenters. The van der Waals surface area contributed by atoms with Gasteiger partial charge in [0.25, 0.3) is 0 Å². The van der Waals surface area contributed by atoms with Gasteiger partial charge in [-0.25, -0.2) is 9.13 Å². The summed E-state index contributed by atoms with van der Waals surface area (Å²) in [5.41, 5.74) is 0. The largest absolute Gasteiger partial charge is 0.469 e. The second-order valence-electron chi connectivity index (χ2n) is 7.14. The van der Waals surface area contributed by atoms with Crippen molar-refractivity contribution < 1.29 is 38.1 Å². The SMILES string of the molecule is CCCCCCCCCCCCCCCCCCOP(=O)(O)O.O=P(O)(O)O.